The lowest BCUT2D eigenvalue weighted by Gasteiger charge is -2.46. The summed E-state index contributed by atoms with van der Waals surface area (Å²) >= 11 is 0. The summed E-state index contributed by atoms with van der Waals surface area (Å²) in [7, 11) is 0. The molecule has 0 heteroatoms. The number of benzene rings is 4. The maximum Gasteiger partial charge on any atom is -0.00919 e. The molecule has 0 nitrogen and oxygen atoms in total. The Morgan fingerprint density at radius 2 is 0.759 bits per heavy atom. The summed E-state index contributed by atoms with van der Waals surface area (Å²) in [4.78, 5) is 0. The summed E-state index contributed by atoms with van der Waals surface area (Å²) in [6, 6.07) is 40.6. The van der Waals surface area contributed by atoms with E-state index in [2.05, 4.69) is 217 Å². The van der Waals surface area contributed by atoms with E-state index in [-0.39, 0.29) is 16.2 Å². The number of rotatable bonds is 6. The Balaban J connectivity index is 1.28. The molecule has 4 aromatic carbocycles. The van der Waals surface area contributed by atoms with Crippen LogP contribution in [0.5, 0.6) is 0 Å². The van der Waals surface area contributed by atoms with Gasteiger partial charge >= 0.3 is 0 Å². The van der Waals surface area contributed by atoms with Crippen LogP contribution in [0.15, 0.2) is 145 Å². The third-order valence-corrected chi connectivity index (χ3v) is 15.3. The fourth-order valence-electron chi connectivity index (χ4n) is 12.2. The van der Waals surface area contributed by atoms with E-state index < -0.39 is 0 Å². The zero-order valence-electron chi connectivity index (χ0n) is 37.7. The highest BCUT2D eigenvalue weighted by Crippen LogP contribution is 2.66. The lowest BCUT2D eigenvalue weighted by atomic mass is 9.58. The van der Waals surface area contributed by atoms with Crippen molar-refractivity contribution in [2.24, 2.45) is 69.0 Å². The molecule has 0 spiro atoms. The minimum Gasteiger partial charge on any atom is -0.0758 e. The van der Waals surface area contributed by atoms with Crippen LogP contribution in [-0.4, -0.2) is 0 Å². The van der Waals surface area contributed by atoms with Crippen molar-refractivity contribution < 1.29 is 0 Å². The average Bonchev–Trinajstić information content (AvgIpc) is 3.75. The van der Waals surface area contributed by atoms with Crippen molar-refractivity contribution in [3.63, 3.8) is 0 Å². The molecule has 7 atom stereocenters. The van der Waals surface area contributed by atoms with Gasteiger partial charge < -0.3 is 0 Å². The number of fused-ring (bicyclic) bond motifs is 3. The highest BCUT2D eigenvalue weighted by atomic mass is 14.6. The van der Waals surface area contributed by atoms with E-state index >= 15 is 0 Å². The summed E-state index contributed by atoms with van der Waals surface area (Å²) in [6.07, 6.45) is 13.9. The van der Waals surface area contributed by atoms with E-state index in [0.29, 0.717) is 46.8 Å². The zero-order valence-corrected chi connectivity index (χ0v) is 37.7. The first-order valence-corrected chi connectivity index (χ1v) is 22.5. The first-order chi connectivity index (χ1) is 27.3. The van der Waals surface area contributed by atoms with Crippen LogP contribution in [0, 0.1) is 69.0 Å². The molecule has 58 heavy (non-hydrogen) atoms. The van der Waals surface area contributed by atoms with Crippen LogP contribution in [-0.2, 0) is 0 Å². The van der Waals surface area contributed by atoms with Gasteiger partial charge in [0.15, 0.2) is 0 Å². The van der Waals surface area contributed by atoms with Gasteiger partial charge in [-0.3, -0.25) is 0 Å². The highest BCUT2D eigenvalue weighted by molar-refractivity contribution is 5.85. The minimum absolute atomic E-state index is 0.0185. The van der Waals surface area contributed by atoms with Crippen molar-refractivity contribution in [3.05, 3.63) is 156 Å². The molecule has 0 amide bonds. The number of allylic oxidation sites excluding steroid dienone is 8. The predicted octanol–water partition coefficient (Wildman–Crippen LogP) is 16.3. The van der Waals surface area contributed by atoms with Crippen molar-refractivity contribution in [1.82, 2.24) is 0 Å². The van der Waals surface area contributed by atoms with Gasteiger partial charge in [0.1, 0.15) is 0 Å². The molecular formula is C58H70. The third-order valence-electron chi connectivity index (χ3n) is 15.3. The van der Waals surface area contributed by atoms with Crippen LogP contribution in [0.3, 0.4) is 0 Å². The van der Waals surface area contributed by atoms with E-state index in [0.717, 1.165) is 5.92 Å². The lowest BCUT2D eigenvalue weighted by Crippen LogP contribution is -2.40. The summed E-state index contributed by atoms with van der Waals surface area (Å²) in [6.45, 7) is 30.0. The quantitative estimate of drug-likeness (QED) is 0.183. The lowest BCUT2D eigenvalue weighted by molar-refractivity contribution is 0.0499. The Labute approximate surface area is 352 Å². The topological polar surface area (TPSA) is 0 Å². The van der Waals surface area contributed by atoms with E-state index in [4.69, 9.17) is 0 Å². The second-order valence-corrected chi connectivity index (χ2v) is 22.5. The molecule has 0 bridgehead atoms. The molecule has 2 saturated carbocycles. The third kappa shape index (κ3) is 7.48. The van der Waals surface area contributed by atoms with Gasteiger partial charge in [0.25, 0.3) is 0 Å². The van der Waals surface area contributed by atoms with Crippen LogP contribution in [0.4, 0.5) is 0 Å². The molecule has 0 N–H and O–H groups in total. The molecule has 0 heterocycles. The molecule has 4 aliphatic carbocycles. The average molecular weight is 767 g/mol. The van der Waals surface area contributed by atoms with Gasteiger partial charge in [0, 0.05) is 0 Å². The Hall–Kier alpha value is -4.16. The molecule has 8 rings (SSSR count). The van der Waals surface area contributed by atoms with E-state index in [1.165, 1.54) is 68.5 Å². The van der Waals surface area contributed by atoms with Gasteiger partial charge in [0.2, 0.25) is 0 Å². The molecule has 0 radical (unpaired) electrons. The van der Waals surface area contributed by atoms with E-state index in [9.17, 15) is 0 Å². The maximum atomic E-state index is 2.81. The second kappa shape index (κ2) is 14.8. The Kier molecular flexibility index (Phi) is 10.4. The van der Waals surface area contributed by atoms with Crippen LogP contribution in [0.1, 0.15) is 107 Å². The monoisotopic (exact) mass is 767 g/mol. The van der Waals surface area contributed by atoms with Crippen molar-refractivity contribution in [3.8, 4) is 22.3 Å². The molecule has 4 aliphatic rings. The van der Waals surface area contributed by atoms with Gasteiger partial charge in [0.05, 0.1) is 0 Å². The molecular weight excluding hydrogens is 697 g/mol. The van der Waals surface area contributed by atoms with Gasteiger partial charge in [-0.25, -0.2) is 0 Å². The fourth-order valence-corrected chi connectivity index (χ4v) is 12.2. The maximum absolute atomic E-state index is 2.81. The second-order valence-electron chi connectivity index (χ2n) is 22.5. The summed E-state index contributed by atoms with van der Waals surface area (Å²) in [5, 5.41) is 0. The smallest absolute Gasteiger partial charge is 0.00919 e. The van der Waals surface area contributed by atoms with Crippen molar-refractivity contribution in [2.45, 2.75) is 95.9 Å². The summed E-state index contributed by atoms with van der Waals surface area (Å²) < 4.78 is 0. The molecule has 4 aromatic rings. The summed E-state index contributed by atoms with van der Waals surface area (Å²) in [5.74, 6) is 4.51. The van der Waals surface area contributed by atoms with Crippen LogP contribution < -0.4 is 0 Å². The standard InChI is InChI=1S/C58H70/c1-37-31-44(55(2,3)4)32-51(37)58(11,12)54-49-33-45(42-27-23-40(24-28-42)38-19-15-13-16-20-38)52(56(5,6)7)35-47(49)48-36-53(57(8,9)10)46(34-50(48)54)43-29-25-41(26-30-43)39-21-17-14-18-22-39/h13-30,33-37,44,47-51,54H,31-32H2,1-12H3. The molecule has 2 fully saturated rings. The first kappa shape index (κ1) is 40.6. The Morgan fingerprint density at radius 3 is 1.10 bits per heavy atom. The number of hydrogen-bond acceptors (Lipinski definition) is 0. The molecule has 7 unspecified atom stereocenters. The van der Waals surface area contributed by atoms with Gasteiger partial charge in [-0.1, -0.05) is 217 Å². The fraction of sp³-hybridized carbons (Fsp3) is 0.448. The van der Waals surface area contributed by atoms with Crippen molar-refractivity contribution in [1.29, 1.82) is 0 Å². The SMILES string of the molecule is CC1CC(C(C)(C)C)CC1C(C)(C)C1C2C=C(c3ccc(-c4ccccc4)cc3)C(C(C)(C)C)=CC2C2C=C(C(C)(C)C)C(c3ccc(-c4ccccc4)cc3)=CC21. The van der Waals surface area contributed by atoms with Crippen LogP contribution in [0.2, 0.25) is 0 Å². The van der Waals surface area contributed by atoms with Crippen molar-refractivity contribution >= 4 is 11.1 Å². The zero-order chi connectivity index (χ0) is 41.4. The Bertz CT molecular complexity index is 2080. The van der Waals surface area contributed by atoms with Gasteiger partial charge in [-0.05, 0) is 138 Å². The van der Waals surface area contributed by atoms with Crippen LogP contribution >= 0.6 is 0 Å². The predicted molar refractivity (Wildman–Crippen MR) is 251 cm³/mol. The first-order valence-electron chi connectivity index (χ1n) is 22.5. The van der Waals surface area contributed by atoms with Crippen LogP contribution in [0.25, 0.3) is 33.4 Å². The van der Waals surface area contributed by atoms with Gasteiger partial charge in [-0.2, -0.15) is 0 Å². The summed E-state index contributed by atoms with van der Waals surface area (Å²) in [5.41, 5.74) is 14.3. The molecule has 302 valence electrons. The van der Waals surface area contributed by atoms with Crippen molar-refractivity contribution in [2.75, 3.05) is 0 Å². The molecule has 0 saturated heterocycles. The molecule has 0 aromatic heterocycles. The van der Waals surface area contributed by atoms with E-state index in [1.807, 2.05) is 0 Å². The highest BCUT2D eigenvalue weighted by Gasteiger charge is 2.59. The van der Waals surface area contributed by atoms with Gasteiger partial charge in [-0.15, -0.1) is 0 Å². The normalized spacial score (nSPS) is 27.6. The largest absolute Gasteiger partial charge is 0.0758 e. The molecule has 0 aliphatic heterocycles. The van der Waals surface area contributed by atoms with E-state index in [1.54, 1.807) is 0 Å². The Morgan fingerprint density at radius 1 is 0.397 bits per heavy atom. The number of hydrogen-bond donors (Lipinski definition) is 0. The minimum atomic E-state index is 0.0185.